The molecule has 0 bridgehead atoms. The van der Waals surface area contributed by atoms with E-state index in [0.29, 0.717) is 5.57 Å². The van der Waals surface area contributed by atoms with Gasteiger partial charge in [-0.25, -0.2) is 8.78 Å². The number of hydrogen-bond acceptors (Lipinski definition) is 1. The minimum absolute atomic E-state index is 0.0915. The topological polar surface area (TPSA) is 20.2 Å². The molecule has 0 saturated heterocycles. The molecule has 1 nitrogen and oxygen atoms in total. The van der Waals surface area contributed by atoms with Crippen LogP contribution in [0.4, 0.5) is 8.78 Å². The summed E-state index contributed by atoms with van der Waals surface area (Å²) in [6.07, 6.45) is 1.41. The summed E-state index contributed by atoms with van der Waals surface area (Å²) in [6, 6.07) is 2.87. The third kappa shape index (κ3) is 2.39. The molecule has 0 aliphatic rings. The first-order valence-corrected chi connectivity index (χ1v) is 4.77. The Labute approximate surface area is 89.2 Å². The summed E-state index contributed by atoms with van der Waals surface area (Å²) in [5, 5.41) is 8.72. The zero-order valence-corrected chi connectivity index (χ0v) is 9.11. The van der Waals surface area contributed by atoms with Gasteiger partial charge in [-0.1, -0.05) is 12.1 Å². The molecule has 14 heavy (non-hydrogen) atoms. The van der Waals surface area contributed by atoms with Gasteiger partial charge in [0, 0.05) is 5.56 Å². The zero-order valence-electron chi connectivity index (χ0n) is 7.52. The number of aliphatic hydroxyl groups is 1. The van der Waals surface area contributed by atoms with Crippen molar-refractivity contribution in [3.63, 3.8) is 0 Å². The van der Waals surface area contributed by atoms with Gasteiger partial charge in [0.25, 0.3) is 0 Å². The van der Waals surface area contributed by atoms with Crippen LogP contribution in [0.2, 0.25) is 0 Å². The second-order valence-corrected chi connectivity index (χ2v) is 3.77. The van der Waals surface area contributed by atoms with E-state index in [0.717, 1.165) is 0 Å². The Morgan fingerprint density at radius 1 is 1.43 bits per heavy atom. The first kappa shape index (κ1) is 11.3. The Morgan fingerprint density at radius 3 is 2.64 bits per heavy atom. The summed E-state index contributed by atoms with van der Waals surface area (Å²) in [7, 11) is 0. The average Bonchev–Trinajstić information content (AvgIpc) is 2.19. The monoisotopic (exact) mass is 262 g/mol. The van der Waals surface area contributed by atoms with Crippen molar-refractivity contribution >= 4 is 22.0 Å². The third-order valence-corrected chi connectivity index (χ3v) is 2.33. The first-order valence-electron chi connectivity index (χ1n) is 3.97. The molecule has 0 spiro atoms. The Morgan fingerprint density at radius 2 is 2.07 bits per heavy atom. The summed E-state index contributed by atoms with van der Waals surface area (Å²) in [4.78, 5) is 0. The van der Waals surface area contributed by atoms with Crippen LogP contribution in [-0.2, 0) is 0 Å². The molecule has 0 atom stereocenters. The molecule has 0 saturated carbocycles. The molecule has 4 heteroatoms. The maximum absolute atomic E-state index is 13.2. The van der Waals surface area contributed by atoms with E-state index in [-0.39, 0.29) is 16.6 Å². The van der Waals surface area contributed by atoms with E-state index in [1.165, 1.54) is 18.2 Å². The molecule has 0 radical (unpaired) electrons. The highest BCUT2D eigenvalue weighted by atomic mass is 79.9. The Kier molecular flexibility index (Phi) is 3.77. The fraction of sp³-hybridized carbons (Fsp3) is 0.200. The largest absolute Gasteiger partial charge is 0.392 e. The van der Waals surface area contributed by atoms with Gasteiger partial charge >= 0.3 is 0 Å². The van der Waals surface area contributed by atoms with E-state index in [1.54, 1.807) is 6.92 Å². The summed E-state index contributed by atoms with van der Waals surface area (Å²) in [5.74, 6) is -1.82. The Balaban J connectivity index is 3.18. The molecule has 0 aliphatic heterocycles. The quantitative estimate of drug-likeness (QED) is 0.813. The van der Waals surface area contributed by atoms with Crippen LogP contribution in [0.1, 0.15) is 12.5 Å². The van der Waals surface area contributed by atoms with Crippen LogP contribution in [-0.4, -0.2) is 11.7 Å². The van der Waals surface area contributed by atoms with Crippen molar-refractivity contribution in [1.29, 1.82) is 0 Å². The first-order chi connectivity index (χ1) is 6.56. The molecule has 1 aromatic rings. The van der Waals surface area contributed by atoms with E-state index in [9.17, 15) is 8.78 Å². The summed E-state index contributed by atoms with van der Waals surface area (Å²) >= 11 is 2.88. The van der Waals surface area contributed by atoms with Crippen LogP contribution >= 0.6 is 15.9 Å². The summed E-state index contributed by atoms with van der Waals surface area (Å²) in [5.41, 5.74) is 0.711. The van der Waals surface area contributed by atoms with Gasteiger partial charge in [0.15, 0.2) is 11.6 Å². The fourth-order valence-corrected chi connectivity index (χ4v) is 1.27. The molecule has 0 amide bonds. The summed E-state index contributed by atoms with van der Waals surface area (Å²) in [6.45, 7) is 1.47. The summed E-state index contributed by atoms with van der Waals surface area (Å²) < 4.78 is 26.4. The van der Waals surface area contributed by atoms with Crippen LogP contribution in [0.25, 0.3) is 6.08 Å². The minimum atomic E-state index is -0.913. The molecule has 0 heterocycles. The van der Waals surface area contributed by atoms with Crippen molar-refractivity contribution in [2.45, 2.75) is 6.92 Å². The van der Waals surface area contributed by atoms with E-state index < -0.39 is 11.6 Å². The van der Waals surface area contributed by atoms with Gasteiger partial charge in [-0.05, 0) is 34.5 Å². The lowest BCUT2D eigenvalue weighted by atomic mass is 10.1. The van der Waals surface area contributed by atoms with Gasteiger partial charge in [0.2, 0.25) is 0 Å². The van der Waals surface area contributed by atoms with Crippen molar-refractivity contribution in [2.24, 2.45) is 0 Å². The molecule has 0 aliphatic carbocycles. The van der Waals surface area contributed by atoms with Crippen LogP contribution < -0.4 is 0 Å². The molecule has 1 aromatic carbocycles. The maximum Gasteiger partial charge on any atom is 0.173 e. The molecule has 0 aromatic heterocycles. The molecule has 0 fully saturated rings. The normalized spacial score (nSPS) is 11.9. The number of halogens is 3. The number of hydrogen-bond donors (Lipinski definition) is 1. The number of benzene rings is 1. The van der Waals surface area contributed by atoms with Crippen molar-refractivity contribution in [3.8, 4) is 0 Å². The second-order valence-electron chi connectivity index (χ2n) is 2.91. The van der Waals surface area contributed by atoms with Crippen LogP contribution in [0.15, 0.2) is 22.2 Å². The molecule has 0 unspecified atom stereocenters. The minimum Gasteiger partial charge on any atom is -0.392 e. The van der Waals surface area contributed by atoms with Gasteiger partial charge in [-0.15, -0.1) is 0 Å². The molecule has 1 N–H and O–H groups in total. The molecular formula is C10H9BrF2O. The zero-order chi connectivity index (χ0) is 10.7. The molecule has 1 rings (SSSR count). The number of rotatable bonds is 2. The van der Waals surface area contributed by atoms with Crippen LogP contribution in [0.5, 0.6) is 0 Å². The van der Waals surface area contributed by atoms with Crippen LogP contribution in [0.3, 0.4) is 0 Å². The Bertz CT molecular complexity index is 375. The predicted molar refractivity (Wildman–Crippen MR) is 54.8 cm³/mol. The predicted octanol–water partition coefficient (Wildman–Crippen LogP) is 3.12. The van der Waals surface area contributed by atoms with E-state index >= 15 is 0 Å². The van der Waals surface area contributed by atoms with Crippen molar-refractivity contribution < 1.29 is 13.9 Å². The average molecular weight is 263 g/mol. The molecular weight excluding hydrogens is 254 g/mol. The lowest BCUT2D eigenvalue weighted by Crippen LogP contribution is -1.92. The van der Waals surface area contributed by atoms with Gasteiger partial charge in [-0.3, -0.25) is 0 Å². The van der Waals surface area contributed by atoms with Crippen molar-refractivity contribution in [2.75, 3.05) is 6.61 Å². The highest BCUT2D eigenvalue weighted by Gasteiger charge is 2.09. The maximum atomic E-state index is 13.2. The van der Waals surface area contributed by atoms with Gasteiger partial charge in [0.1, 0.15) is 0 Å². The fourth-order valence-electron chi connectivity index (χ4n) is 0.963. The van der Waals surface area contributed by atoms with Crippen LogP contribution in [0, 0.1) is 11.6 Å². The highest BCUT2D eigenvalue weighted by Crippen LogP contribution is 2.22. The SMILES string of the molecule is C/C(=C\c1ccc(Br)c(F)c1F)CO. The Hall–Kier alpha value is -0.740. The second kappa shape index (κ2) is 4.66. The smallest absolute Gasteiger partial charge is 0.173 e. The van der Waals surface area contributed by atoms with E-state index in [4.69, 9.17) is 5.11 Å². The van der Waals surface area contributed by atoms with Gasteiger partial charge in [-0.2, -0.15) is 0 Å². The lowest BCUT2D eigenvalue weighted by molar-refractivity contribution is 0.332. The highest BCUT2D eigenvalue weighted by molar-refractivity contribution is 9.10. The molecule has 76 valence electrons. The van der Waals surface area contributed by atoms with Crippen molar-refractivity contribution in [3.05, 3.63) is 39.4 Å². The third-order valence-electron chi connectivity index (χ3n) is 1.72. The van der Waals surface area contributed by atoms with Gasteiger partial charge < -0.3 is 5.11 Å². The van der Waals surface area contributed by atoms with Crippen molar-refractivity contribution in [1.82, 2.24) is 0 Å². The standard InChI is InChI=1S/C10H9BrF2O/c1-6(5-14)4-7-2-3-8(11)10(13)9(7)12/h2-4,14H,5H2,1H3/b6-4+. The van der Waals surface area contributed by atoms with Gasteiger partial charge in [0.05, 0.1) is 11.1 Å². The number of aliphatic hydroxyl groups excluding tert-OH is 1. The van der Waals surface area contributed by atoms with E-state index in [2.05, 4.69) is 15.9 Å². The van der Waals surface area contributed by atoms with E-state index in [1.807, 2.05) is 0 Å². The lowest BCUT2D eigenvalue weighted by Gasteiger charge is -2.01.